The number of hydroxylamine groups is 2. The number of nitrogens with one attached hydrogen (secondary N) is 2. The zero-order chi connectivity index (χ0) is 32.9. The Morgan fingerprint density at radius 2 is 1.93 bits per heavy atom. The van der Waals surface area contributed by atoms with Crippen molar-refractivity contribution in [2.24, 2.45) is 17.9 Å². The molecule has 0 aliphatic carbocycles. The normalized spacial score (nSPS) is 16.9. The Kier molecular flexibility index (Phi) is 10.2. The second-order valence-electron chi connectivity index (χ2n) is 10.6. The number of thiazole rings is 1. The molecule has 1 aromatic carbocycles. The number of benzene rings is 1. The third-order valence-electron chi connectivity index (χ3n) is 6.68. The van der Waals surface area contributed by atoms with Gasteiger partial charge in [0.2, 0.25) is 0 Å². The Balaban J connectivity index is 1.38. The first-order valence-electron chi connectivity index (χ1n) is 13.6. The first-order valence-corrected chi connectivity index (χ1v) is 15.9. The number of oxime groups is 1. The summed E-state index contributed by atoms with van der Waals surface area (Å²) in [7, 11) is -3.00. The van der Waals surface area contributed by atoms with Gasteiger partial charge in [-0.2, -0.15) is 13.5 Å². The van der Waals surface area contributed by atoms with Crippen LogP contribution in [0.25, 0.3) is 11.1 Å². The van der Waals surface area contributed by atoms with Crippen LogP contribution in [0.1, 0.15) is 26.5 Å². The molecule has 3 aromatic rings. The predicted molar refractivity (Wildman–Crippen MR) is 165 cm³/mol. The Morgan fingerprint density at radius 1 is 1.24 bits per heavy atom. The fraction of sp³-hybridized carbons (Fsp3) is 0.370. The van der Waals surface area contributed by atoms with Crippen LogP contribution in [-0.2, 0) is 36.2 Å². The lowest BCUT2D eigenvalue weighted by atomic mass is 9.84. The maximum absolute atomic E-state index is 13.2. The smallest absolute Gasteiger partial charge is 0.418 e. The molecule has 0 bridgehead atoms. The predicted octanol–water partition coefficient (Wildman–Crippen LogP) is 0.616. The van der Waals surface area contributed by atoms with Gasteiger partial charge in [-0.05, 0) is 44.5 Å². The average molecular weight is 664 g/mol. The maximum Gasteiger partial charge on any atom is 0.418 e. The molecule has 1 aliphatic heterocycles. The summed E-state index contributed by atoms with van der Waals surface area (Å²) < 4.78 is 43.3. The first-order chi connectivity index (χ1) is 21.2. The molecule has 4 rings (SSSR count). The number of ether oxygens (including phenoxy) is 1. The Bertz CT molecular complexity index is 1680. The number of aromatic nitrogens is 2. The van der Waals surface area contributed by atoms with E-state index in [2.05, 4.69) is 25.1 Å². The highest BCUT2D eigenvalue weighted by molar-refractivity contribution is 7.80. The van der Waals surface area contributed by atoms with Gasteiger partial charge in [-0.3, -0.25) is 19.5 Å². The summed E-state index contributed by atoms with van der Waals surface area (Å²) in [5.41, 5.74) is 11.8. The molecule has 18 heteroatoms. The lowest BCUT2D eigenvalue weighted by molar-refractivity contribution is -0.656. The van der Waals surface area contributed by atoms with Crippen molar-refractivity contribution in [2.45, 2.75) is 38.5 Å². The molecule has 2 amide bonds. The van der Waals surface area contributed by atoms with Crippen LogP contribution in [0.15, 0.2) is 53.1 Å². The topological polar surface area (TPSA) is 225 Å². The number of carbonyl (C=O) groups is 2. The van der Waals surface area contributed by atoms with E-state index in [4.69, 9.17) is 25.6 Å². The van der Waals surface area contributed by atoms with Crippen molar-refractivity contribution in [3.05, 3.63) is 53.7 Å². The van der Waals surface area contributed by atoms with Crippen LogP contribution in [0.2, 0.25) is 0 Å². The lowest BCUT2D eigenvalue weighted by Crippen LogP contribution is -2.76. The van der Waals surface area contributed by atoms with E-state index >= 15 is 0 Å². The van der Waals surface area contributed by atoms with Crippen molar-refractivity contribution in [3.63, 3.8) is 0 Å². The van der Waals surface area contributed by atoms with Gasteiger partial charge < -0.3 is 26.4 Å². The fourth-order valence-corrected chi connectivity index (χ4v) is 5.31. The third kappa shape index (κ3) is 8.22. The number of nitrogens with zero attached hydrogens (tertiary/aromatic N) is 4. The highest BCUT2D eigenvalue weighted by atomic mass is 32.3. The number of anilines is 2. The average Bonchev–Trinajstić information content (AvgIpc) is 3.42. The number of β-lactam (4-membered cyclic amide) rings is 1. The van der Waals surface area contributed by atoms with E-state index in [9.17, 15) is 18.0 Å². The van der Waals surface area contributed by atoms with Crippen LogP contribution in [0.5, 0.6) is 5.75 Å². The van der Waals surface area contributed by atoms with Crippen molar-refractivity contribution < 1.29 is 41.0 Å². The molecular formula is C27H35N8O8S2+. The Hall–Kier alpha value is -4.36. The van der Waals surface area contributed by atoms with Crippen LogP contribution < -0.4 is 31.4 Å². The quantitative estimate of drug-likeness (QED) is 0.0526. The largest absolute Gasteiger partial charge is 0.490 e. The van der Waals surface area contributed by atoms with Gasteiger partial charge in [0.05, 0.1) is 25.3 Å². The zero-order valence-corrected chi connectivity index (χ0v) is 26.6. The number of carbonyl (C=O) groups excluding carboxylic acids is 2. The van der Waals surface area contributed by atoms with Gasteiger partial charge in [0, 0.05) is 23.6 Å². The van der Waals surface area contributed by atoms with Crippen molar-refractivity contribution in [1.82, 2.24) is 15.4 Å². The number of pyridine rings is 1. The fourth-order valence-electron chi connectivity index (χ4n) is 4.31. The van der Waals surface area contributed by atoms with Crippen LogP contribution >= 0.6 is 11.3 Å². The molecule has 16 nitrogen and oxygen atoms in total. The number of nitrogen functional groups attached to an aromatic ring is 1. The summed E-state index contributed by atoms with van der Waals surface area (Å²) in [6, 6.07) is 10.3. The minimum absolute atomic E-state index is 0.0868. The Morgan fingerprint density at radius 3 is 2.51 bits per heavy atom. The van der Waals surface area contributed by atoms with Crippen molar-refractivity contribution in [1.29, 1.82) is 0 Å². The molecule has 7 N–H and O–H groups in total. The monoisotopic (exact) mass is 663 g/mol. The van der Waals surface area contributed by atoms with Gasteiger partial charge in [0.1, 0.15) is 24.1 Å². The second kappa shape index (κ2) is 13.7. The summed E-state index contributed by atoms with van der Waals surface area (Å²) in [4.78, 5) is 35.3. The van der Waals surface area contributed by atoms with Gasteiger partial charge >= 0.3 is 10.4 Å². The Labute approximate surface area is 263 Å². The van der Waals surface area contributed by atoms with Gasteiger partial charge in [-0.1, -0.05) is 17.3 Å². The van der Waals surface area contributed by atoms with Crippen molar-refractivity contribution >= 4 is 50.2 Å². The molecule has 2 atom stereocenters. The summed E-state index contributed by atoms with van der Waals surface area (Å²) in [6.45, 7) is 5.86. The standard InChI is InChI=1S/C27H34N8O8S2/c1-16(14-41-19-8-5-17(6-9-19)18-7-10-21(30-12-11-28)34(4)13-18)42-33-22(20-15-44-26(29)31-20)24(36)32-23-25(37)35(27(23,2)3)43-45(38,39)40/h5-10,13,15-16,23H,11-12,14,28H2,1-4H3,(H4,29,31,32,36,38,39,40)/p+1/b33-22-. The number of nitrogens with two attached hydrogens (primary N) is 2. The summed E-state index contributed by atoms with van der Waals surface area (Å²) in [5, 5.41) is 11.8. The number of amides is 2. The third-order valence-corrected chi connectivity index (χ3v) is 7.69. The molecule has 3 heterocycles. The van der Waals surface area contributed by atoms with Crippen LogP contribution in [0.4, 0.5) is 10.9 Å². The number of rotatable bonds is 14. The second-order valence-corrected chi connectivity index (χ2v) is 12.5. The summed E-state index contributed by atoms with van der Waals surface area (Å²) in [6.07, 6.45) is 1.40. The van der Waals surface area contributed by atoms with Gasteiger partial charge in [-0.15, -0.1) is 15.6 Å². The van der Waals surface area contributed by atoms with Crippen molar-refractivity contribution in [2.75, 3.05) is 30.7 Å². The van der Waals surface area contributed by atoms with E-state index in [0.29, 0.717) is 23.9 Å². The molecule has 1 fully saturated rings. The molecule has 1 saturated heterocycles. The van der Waals surface area contributed by atoms with Crippen LogP contribution in [0.3, 0.4) is 0 Å². The SMILES string of the molecule is CC(COc1ccc(-c2ccc(NCCN)[n+](C)c2)cc1)O/N=C(\C(=O)NC1C(=O)N(OS(=O)(=O)O)C1(C)C)c1csc(N)n1. The highest BCUT2D eigenvalue weighted by Crippen LogP contribution is 2.33. The zero-order valence-electron chi connectivity index (χ0n) is 25.0. The first kappa shape index (κ1) is 33.5. The number of aryl methyl sites for hydroxylation is 1. The van der Waals surface area contributed by atoms with E-state index in [0.717, 1.165) is 28.3 Å². The van der Waals surface area contributed by atoms with E-state index < -0.39 is 39.9 Å². The van der Waals surface area contributed by atoms with Crippen molar-refractivity contribution in [3.8, 4) is 16.9 Å². The van der Waals surface area contributed by atoms with E-state index in [-0.39, 0.29) is 23.1 Å². The van der Waals surface area contributed by atoms with Crippen LogP contribution in [-0.4, -0.2) is 77.9 Å². The molecule has 1 aliphatic rings. The van der Waals surface area contributed by atoms with E-state index in [1.165, 1.54) is 19.2 Å². The maximum atomic E-state index is 13.2. The highest BCUT2D eigenvalue weighted by Gasteiger charge is 2.58. The molecule has 242 valence electrons. The van der Waals surface area contributed by atoms with E-state index in [1.807, 2.05) is 54.2 Å². The summed E-state index contributed by atoms with van der Waals surface area (Å²) >= 11 is 1.07. The van der Waals surface area contributed by atoms with E-state index in [1.54, 1.807) is 6.92 Å². The number of hydrogen-bond donors (Lipinski definition) is 5. The molecule has 0 radical (unpaired) electrons. The molecular weight excluding hydrogens is 628 g/mol. The van der Waals surface area contributed by atoms with Gasteiger partial charge in [-0.25, -0.2) is 9.55 Å². The van der Waals surface area contributed by atoms with Gasteiger partial charge in [0.25, 0.3) is 17.6 Å². The minimum atomic E-state index is -4.95. The minimum Gasteiger partial charge on any atom is -0.490 e. The molecule has 2 unspecified atom stereocenters. The number of hydrogen-bond acceptors (Lipinski definition) is 13. The lowest BCUT2D eigenvalue weighted by Gasteiger charge is -2.50. The molecule has 2 aromatic heterocycles. The summed E-state index contributed by atoms with van der Waals surface area (Å²) in [5.74, 6) is -0.186. The molecule has 0 saturated carbocycles. The van der Waals surface area contributed by atoms with Crippen LogP contribution in [0, 0.1) is 0 Å². The molecule has 0 spiro atoms. The molecule has 45 heavy (non-hydrogen) atoms. The van der Waals surface area contributed by atoms with Gasteiger partial charge in [0.15, 0.2) is 16.9 Å².